The van der Waals surface area contributed by atoms with Gasteiger partial charge in [-0.2, -0.15) is 8.42 Å². The van der Waals surface area contributed by atoms with E-state index in [9.17, 15) is 18.0 Å². The number of ether oxygens (including phenoxy) is 1. The highest BCUT2D eigenvalue weighted by atomic mass is 32.2. The number of benzene rings is 1. The number of rotatable bonds is 9. The van der Waals surface area contributed by atoms with Crippen molar-refractivity contribution in [2.75, 3.05) is 11.9 Å². The molecular weight excluding hydrogens is 358 g/mol. The Bertz CT molecular complexity index is 723. The van der Waals surface area contributed by atoms with E-state index in [1.807, 2.05) is 20.8 Å². The number of hydrogen-bond donors (Lipinski definition) is 1. The second-order valence-corrected chi connectivity index (χ2v) is 8.00. The monoisotopic (exact) mass is 385 g/mol. The molecule has 0 spiro atoms. The molecule has 8 heteroatoms. The summed E-state index contributed by atoms with van der Waals surface area (Å²) in [5, 5.41) is 2.55. The van der Waals surface area contributed by atoms with Crippen LogP contribution in [0, 0.1) is 5.41 Å². The number of carbonyl (C=O) groups is 2. The average Bonchev–Trinajstić information content (AvgIpc) is 2.58. The van der Waals surface area contributed by atoms with E-state index < -0.39 is 21.6 Å². The van der Waals surface area contributed by atoms with Crippen molar-refractivity contribution in [3.05, 3.63) is 24.3 Å². The first-order valence-electron chi connectivity index (χ1n) is 8.52. The van der Waals surface area contributed by atoms with Gasteiger partial charge in [-0.05, 0) is 51.0 Å². The smallest absolute Gasteiger partial charge is 0.311 e. The zero-order valence-corrected chi connectivity index (χ0v) is 16.7. The maximum atomic E-state index is 12.3. The van der Waals surface area contributed by atoms with Crippen LogP contribution in [-0.2, 0) is 28.6 Å². The summed E-state index contributed by atoms with van der Waals surface area (Å²) in [6, 6.07) is 5.61. The number of hydrogen-bond acceptors (Lipinski definition) is 6. The minimum Gasteiger partial charge on any atom is -0.462 e. The van der Waals surface area contributed by atoms with Crippen molar-refractivity contribution in [3.8, 4) is 0 Å². The van der Waals surface area contributed by atoms with E-state index in [1.165, 1.54) is 38.1 Å². The summed E-state index contributed by atoms with van der Waals surface area (Å²) in [6.45, 7) is 8.34. The van der Waals surface area contributed by atoms with Gasteiger partial charge < -0.3 is 10.1 Å². The summed E-state index contributed by atoms with van der Waals surface area (Å²) in [6.07, 6.45) is 0.449. The highest BCUT2D eigenvalue weighted by Gasteiger charge is 2.31. The van der Waals surface area contributed by atoms with E-state index in [-0.39, 0.29) is 23.4 Å². The van der Waals surface area contributed by atoms with Crippen molar-refractivity contribution in [1.82, 2.24) is 0 Å². The summed E-state index contributed by atoms with van der Waals surface area (Å²) in [4.78, 5) is 23.1. The van der Waals surface area contributed by atoms with Crippen molar-refractivity contribution >= 4 is 27.7 Å². The van der Waals surface area contributed by atoms with E-state index in [2.05, 4.69) is 5.32 Å². The molecule has 1 rings (SSSR count). The normalized spacial score (nSPS) is 13.1. The van der Waals surface area contributed by atoms with E-state index in [1.54, 1.807) is 0 Å². The van der Waals surface area contributed by atoms with Crippen molar-refractivity contribution < 1.29 is 26.9 Å². The first-order valence-corrected chi connectivity index (χ1v) is 9.93. The van der Waals surface area contributed by atoms with E-state index >= 15 is 0 Å². The fourth-order valence-electron chi connectivity index (χ4n) is 2.11. The molecule has 0 heterocycles. The molecule has 146 valence electrons. The van der Waals surface area contributed by atoms with Crippen LogP contribution in [0.5, 0.6) is 0 Å². The molecule has 1 aromatic rings. The molecule has 0 aliphatic heterocycles. The van der Waals surface area contributed by atoms with Gasteiger partial charge in [-0.15, -0.1) is 0 Å². The number of esters is 1. The van der Waals surface area contributed by atoms with Gasteiger partial charge in [0.2, 0.25) is 5.91 Å². The molecule has 0 aromatic heterocycles. The van der Waals surface area contributed by atoms with Gasteiger partial charge in [-0.1, -0.05) is 13.8 Å². The van der Waals surface area contributed by atoms with Gasteiger partial charge in [0.1, 0.15) is 12.7 Å². The van der Waals surface area contributed by atoms with Gasteiger partial charge in [0.05, 0.1) is 10.3 Å². The molecule has 0 saturated carbocycles. The highest BCUT2D eigenvalue weighted by molar-refractivity contribution is 7.86. The summed E-state index contributed by atoms with van der Waals surface area (Å²) < 4.78 is 34.9. The third kappa shape index (κ3) is 6.10. The molecule has 0 aliphatic rings. The first kappa shape index (κ1) is 22.1. The topological polar surface area (TPSA) is 98.8 Å². The zero-order chi connectivity index (χ0) is 20.0. The van der Waals surface area contributed by atoms with Crippen molar-refractivity contribution in [1.29, 1.82) is 0 Å². The molecule has 1 N–H and O–H groups in total. The summed E-state index contributed by atoms with van der Waals surface area (Å²) in [7, 11) is -4.00. The van der Waals surface area contributed by atoms with Crippen molar-refractivity contribution in [3.63, 3.8) is 0 Å². The van der Waals surface area contributed by atoms with Crippen LogP contribution in [0.4, 0.5) is 5.69 Å². The van der Waals surface area contributed by atoms with Crippen LogP contribution in [0.3, 0.4) is 0 Å². The Kier molecular flexibility index (Phi) is 7.77. The molecule has 1 unspecified atom stereocenters. The Labute approximate surface area is 155 Å². The van der Waals surface area contributed by atoms with Crippen molar-refractivity contribution in [2.24, 2.45) is 5.41 Å². The molecule has 7 nitrogen and oxygen atoms in total. The van der Waals surface area contributed by atoms with Crippen LogP contribution in [0.1, 0.15) is 47.5 Å². The maximum absolute atomic E-state index is 12.3. The van der Waals surface area contributed by atoms with Gasteiger partial charge in [-0.3, -0.25) is 13.8 Å². The number of anilines is 1. The van der Waals surface area contributed by atoms with Crippen LogP contribution in [0.15, 0.2) is 29.2 Å². The number of carbonyl (C=O) groups excluding carboxylic acids is 2. The quantitative estimate of drug-likeness (QED) is 0.518. The van der Waals surface area contributed by atoms with Crippen LogP contribution in [0.25, 0.3) is 0 Å². The molecule has 0 radical (unpaired) electrons. The van der Waals surface area contributed by atoms with E-state index in [0.29, 0.717) is 18.5 Å². The molecule has 0 bridgehead atoms. The summed E-state index contributed by atoms with van der Waals surface area (Å²) in [5.41, 5.74) is -0.102. The van der Waals surface area contributed by atoms with Crippen LogP contribution < -0.4 is 5.32 Å². The number of nitrogens with one attached hydrogen (secondary N) is 1. The molecule has 1 aromatic carbocycles. The standard InChI is InChI=1S/C18H27NO6S/c1-6-18(5,7-2)17(21)24-12-13(3)25-26(22,23)16-10-8-15(9-11-16)19-14(4)20/h8-11,13H,6-7,12H2,1-5H3,(H,19,20). The predicted molar refractivity (Wildman–Crippen MR) is 98.1 cm³/mol. The first-order chi connectivity index (χ1) is 12.0. The Morgan fingerprint density at radius 1 is 1.15 bits per heavy atom. The second-order valence-electron chi connectivity index (χ2n) is 6.43. The van der Waals surface area contributed by atoms with Crippen LogP contribution >= 0.6 is 0 Å². The Morgan fingerprint density at radius 2 is 1.69 bits per heavy atom. The Morgan fingerprint density at radius 3 is 2.15 bits per heavy atom. The zero-order valence-electron chi connectivity index (χ0n) is 15.9. The SMILES string of the molecule is CCC(C)(CC)C(=O)OCC(C)OS(=O)(=O)c1ccc(NC(C)=O)cc1. The largest absolute Gasteiger partial charge is 0.462 e. The Hall–Kier alpha value is -1.93. The molecule has 1 atom stereocenters. The molecule has 0 fully saturated rings. The third-order valence-electron chi connectivity index (χ3n) is 4.26. The molecular formula is C18H27NO6S. The van der Waals surface area contributed by atoms with Gasteiger partial charge in [-0.25, -0.2) is 0 Å². The lowest BCUT2D eigenvalue weighted by atomic mass is 9.85. The van der Waals surface area contributed by atoms with Gasteiger partial charge in [0, 0.05) is 12.6 Å². The van der Waals surface area contributed by atoms with Crippen LogP contribution in [0.2, 0.25) is 0 Å². The number of amides is 1. The van der Waals surface area contributed by atoms with Crippen LogP contribution in [-0.4, -0.2) is 33.0 Å². The maximum Gasteiger partial charge on any atom is 0.311 e. The lowest BCUT2D eigenvalue weighted by molar-refractivity contribution is -0.157. The van der Waals surface area contributed by atoms with E-state index in [4.69, 9.17) is 8.92 Å². The molecule has 0 saturated heterocycles. The lowest BCUT2D eigenvalue weighted by Crippen LogP contribution is -2.31. The fourth-order valence-corrected chi connectivity index (χ4v) is 3.18. The summed E-state index contributed by atoms with van der Waals surface area (Å²) >= 11 is 0. The van der Waals surface area contributed by atoms with Crippen molar-refractivity contribution in [2.45, 2.75) is 58.5 Å². The van der Waals surface area contributed by atoms with Gasteiger partial charge in [0.25, 0.3) is 10.1 Å². The summed E-state index contributed by atoms with van der Waals surface area (Å²) in [5.74, 6) is -0.617. The van der Waals surface area contributed by atoms with Gasteiger partial charge >= 0.3 is 5.97 Å². The minimum atomic E-state index is -4.00. The Balaban J connectivity index is 2.68. The van der Waals surface area contributed by atoms with Gasteiger partial charge in [0.15, 0.2) is 0 Å². The molecule has 1 amide bonds. The second kappa shape index (κ2) is 9.14. The average molecular weight is 385 g/mol. The highest BCUT2D eigenvalue weighted by Crippen LogP contribution is 2.27. The predicted octanol–water partition coefficient (Wildman–Crippen LogP) is 3.11. The minimum absolute atomic E-state index is 0.0447. The fraction of sp³-hybridized carbons (Fsp3) is 0.556. The molecule has 0 aliphatic carbocycles. The third-order valence-corrected chi connectivity index (χ3v) is 5.69. The molecule has 26 heavy (non-hydrogen) atoms. The lowest BCUT2D eigenvalue weighted by Gasteiger charge is -2.25. The van der Waals surface area contributed by atoms with E-state index in [0.717, 1.165) is 0 Å².